The van der Waals surface area contributed by atoms with Gasteiger partial charge in [-0.15, -0.1) is 0 Å². The Hall–Kier alpha value is -2.22. The van der Waals surface area contributed by atoms with Gasteiger partial charge in [-0.25, -0.2) is 19.6 Å². The van der Waals surface area contributed by atoms with Gasteiger partial charge < -0.3 is 20.8 Å². The van der Waals surface area contributed by atoms with Crippen LogP contribution in [0.5, 0.6) is 0 Å². The molecule has 8 heteroatoms. The lowest BCUT2D eigenvalue weighted by molar-refractivity contribution is -0.146. The number of hydrogen-bond acceptors (Lipinski definition) is 5. The number of anilines is 1. The molecule has 1 aromatic rings. The van der Waals surface area contributed by atoms with Gasteiger partial charge in [0, 0.05) is 13.0 Å². The van der Waals surface area contributed by atoms with Crippen molar-refractivity contribution < 1.29 is 19.8 Å². The summed E-state index contributed by atoms with van der Waals surface area (Å²) in [5, 5.41) is 22.2. The van der Waals surface area contributed by atoms with E-state index in [-0.39, 0.29) is 13.0 Å². The Balaban J connectivity index is 2.25. The molecule has 1 rings (SSSR count). The molecule has 1 heterocycles. The predicted octanol–water partition coefficient (Wildman–Crippen LogP) is -0.566. The van der Waals surface area contributed by atoms with Crippen LogP contribution in [0.1, 0.15) is 6.42 Å². The summed E-state index contributed by atoms with van der Waals surface area (Å²) in [5.41, 5.74) is 0.420. The molecule has 1 atom stereocenters. The molecule has 1 unspecified atom stereocenters. The first-order valence-corrected chi connectivity index (χ1v) is 4.80. The molecule has 0 aromatic carbocycles. The number of aliphatic hydroxyl groups is 1. The Morgan fingerprint density at radius 1 is 1.35 bits per heavy atom. The molecule has 0 saturated heterocycles. The monoisotopic (exact) mass is 240 g/mol. The lowest BCUT2D eigenvalue weighted by Crippen LogP contribution is -2.33. The second-order valence-corrected chi connectivity index (χ2v) is 3.15. The first kappa shape index (κ1) is 12.8. The summed E-state index contributed by atoms with van der Waals surface area (Å²) in [4.78, 5) is 28.9. The van der Waals surface area contributed by atoms with Crippen LogP contribution in [-0.4, -0.2) is 44.8 Å². The van der Waals surface area contributed by atoms with Crippen molar-refractivity contribution in [3.8, 4) is 0 Å². The molecule has 0 saturated carbocycles. The lowest BCUT2D eigenvalue weighted by Gasteiger charge is -2.08. The Labute approximate surface area is 96.7 Å². The van der Waals surface area contributed by atoms with Gasteiger partial charge in [0.1, 0.15) is 6.33 Å². The molecule has 2 amide bonds. The zero-order valence-electron chi connectivity index (χ0n) is 8.83. The number of nitrogens with zero attached hydrogens (tertiary/aromatic N) is 2. The molecule has 0 aliphatic rings. The number of hydrogen-bond donors (Lipinski definition) is 4. The van der Waals surface area contributed by atoms with Crippen LogP contribution in [0.25, 0.3) is 0 Å². The van der Waals surface area contributed by atoms with Crippen LogP contribution in [0.2, 0.25) is 0 Å². The van der Waals surface area contributed by atoms with E-state index < -0.39 is 18.1 Å². The minimum atomic E-state index is -1.48. The normalized spacial score (nSPS) is 11.6. The molecule has 92 valence electrons. The van der Waals surface area contributed by atoms with Gasteiger partial charge in [0.25, 0.3) is 0 Å². The fraction of sp³-hybridized carbons (Fsp3) is 0.333. The van der Waals surface area contributed by atoms with Crippen molar-refractivity contribution in [1.82, 2.24) is 15.3 Å². The highest BCUT2D eigenvalue weighted by Gasteiger charge is 2.12. The van der Waals surface area contributed by atoms with E-state index in [1.54, 1.807) is 0 Å². The van der Waals surface area contributed by atoms with Gasteiger partial charge in [-0.2, -0.15) is 0 Å². The van der Waals surface area contributed by atoms with E-state index in [1.807, 2.05) is 0 Å². The van der Waals surface area contributed by atoms with E-state index in [2.05, 4.69) is 20.6 Å². The molecule has 0 aliphatic carbocycles. The second kappa shape index (κ2) is 6.38. The lowest BCUT2D eigenvalue weighted by atomic mass is 10.2. The minimum Gasteiger partial charge on any atom is -0.479 e. The molecule has 0 aliphatic heterocycles. The Morgan fingerprint density at radius 2 is 2.00 bits per heavy atom. The van der Waals surface area contributed by atoms with E-state index in [1.165, 1.54) is 18.7 Å². The summed E-state index contributed by atoms with van der Waals surface area (Å²) in [6, 6.07) is -0.516. The number of rotatable bonds is 5. The number of carboxylic acid groups (broad SMARTS) is 1. The van der Waals surface area contributed by atoms with Crippen molar-refractivity contribution >= 4 is 17.7 Å². The number of aliphatic carboxylic acids is 1. The largest absolute Gasteiger partial charge is 0.479 e. The van der Waals surface area contributed by atoms with E-state index in [9.17, 15) is 9.59 Å². The highest BCUT2D eigenvalue weighted by molar-refractivity contribution is 5.88. The Bertz CT molecular complexity index is 384. The maximum Gasteiger partial charge on any atom is 0.332 e. The first-order chi connectivity index (χ1) is 8.09. The molecule has 4 N–H and O–H groups in total. The summed E-state index contributed by atoms with van der Waals surface area (Å²) in [6.45, 7) is 0.0486. The van der Waals surface area contributed by atoms with Crippen LogP contribution in [-0.2, 0) is 4.79 Å². The van der Waals surface area contributed by atoms with E-state index in [0.717, 1.165) is 0 Å². The van der Waals surface area contributed by atoms with Gasteiger partial charge in [0.15, 0.2) is 6.10 Å². The van der Waals surface area contributed by atoms with Crippen LogP contribution in [0.3, 0.4) is 0 Å². The van der Waals surface area contributed by atoms with E-state index >= 15 is 0 Å². The number of carbonyl (C=O) groups excluding carboxylic acids is 1. The number of urea groups is 1. The average molecular weight is 240 g/mol. The molecule has 17 heavy (non-hydrogen) atoms. The third-order valence-corrected chi connectivity index (χ3v) is 1.81. The molecule has 0 bridgehead atoms. The van der Waals surface area contributed by atoms with Crippen molar-refractivity contribution in [2.75, 3.05) is 11.9 Å². The highest BCUT2D eigenvalue weighted by atomic mass is 16.4. The fourth-order valence-corrected chi connectivity index (χ4v) is 0.985. The van der Waals surface area contributed by atoms with Gasteiger partial charge in [-0.3, -0.25) is 0 Å². The number of carboxylic acids is 1. The summed E-state index contributed by atoms with van der Waals surface area (Å²) in [7, 11) is 0. The maximum atomic E-state index is 11.3. The van der Waals surface area contributed by atoms with Crippen molar-refractivity contribution in [1.29, 1.82) is 0 Å². The van der Waals surface area contributed by atoms with Gasteiger partial charge in [0.2, 0.25) is 0 Å². The number of aliphatic hydroxyl groups excluding tert-OH is 1. The van der Waals surface area contributed by atoms with Crippen LogP contribution in [0.4, 0.5) is 10.5 Å². The third kappa shape index (κ3) is 4.89. The zero-order valence-corrected chi connectivity index (χ0v) is 8.83. The van der Waals surface area contributed by atoms with Gasteiger partial charge in [-0.1, -0.05) is 0 Å². The van der Waals surface area contributed by atoms with Crippen LogP contribution in [0, 0.1) is 0 Å². The SMILES string of the molecule is O=C(NCCC(O)C(=O)O)Nc1cncnc1. The van der Waals surface area contributed by atoms with Crippen molar-refractivity contribution in [3.63, 3.8) is 0 Å². The van der Waals surface area contributed by atoms with Gasteiger partial charge in [0.05, 0.1) is 18.1 Å². The zero-order chi connectivity index (χ0) is 12.7. The quantitative estimate of drug-likeness (QED) is 0.546. The Kier molecular flexibility index (Phi) is 4.82. The Morgan fingerprint density at radius 3 is 2.59 bits per heavy atom. The fourth-order valence-electron chi connectivity index (χ4n) is 0.985. The van der Waals surface area contributed by atoms with Crippen molar-refractivity contribution in [2.45, 2.75) is 12.5 Å². The third-order valence-electron chi connectivity index (χ3n) is 1.81. The smallest absolute Gasteiger partial charge is 0.332 e. The number of nitrogens with one attached hydrogen (secondary N) is 2. The average Bonchev–Trinajstić information content (AvgIpc) is 2.30. The molecular weight excluding hydrogens is 228 g/mol. The first-order valence-electron chi connectivity index (χ1n) is 4.80. The molecule has 8 nitrogen and oxygen atoms in total. The van der Waals surface area contributed by atoms with Crippen molar-refractivity contribution in [3.05, 3.63) is 18.7 Å². The summed E-state index contributed by atoms with van der Waals surface area (Å²) < 4.78 is 0. The van der Waals surface area contributed by atoms with Crippen LogP contribution in [0.15, 0.2) is 18.7 Å². The van der Waals surface area contributed by atoms with E-state index in [4.69, 9.17) is 10.2 Å². The number of aromatic nitrogens is 2. The maximum absolute atomic E-state index is 11.3. The summed E-state index contributed by atoms with van der Waals surface area (Å²) >= 11 is 0. The molecular formula is C9H12N4O4. The second-order valence-electron chi connectivity index (χ2n) is 3.15. The van der Waals surface area contributed by atoms with Crippen LogP contribution < -0.4 is 10.6 Å². The van der Waals surface area contributed by atoms with E-state index in [0.29, 0.717) is 5.69 Å². The molecule has 0 radical (unpaired) electrons. The van der Waals surface area contributed by atoms with Crippen molar-refractivity contribution in [2.24, 2.45) is 0 Å². The highest BCUT2D eigenvalue weighted by Crippen LogP contribution is 1.99. The van der Waals surface area contributed by atoms with Crippen LogP contribution >= 0.6 is 0 Å². The topological polar surface area (TPSA) is 124 Å². The van der Waals surface area contributed by atoms with Gasteiger partial charge >= 0.3 is 12.0 Å². The van der Waals surface area contributed by atoms with Gasteiger partial charge in [-0.05, 0) is 0 Å². The number of amides is 2. The molecule has 0 spiro atoms. The number of carbonyl (C=O) groups is 2. The predicted molar refractivity (Wildman–Crippen MR) is 57.3 cm³/mol. The standard InChI is InChI=1S/C9H12N4O4/c14-7(8(15)16)1-2-12-9(17)13-6-3-10-5-11-4-6/h3-5,7,14H,1-2H2,(H,15,16)(H2,12,13,17). The molecule has 1 aromatic heterocycles. The summed E-state index contributed by atoms with van der Waals surface area (Å²) in [5.74, 6) is -1.32. The minimum absolute atomic E-state index is 0.0486. The molecule has 0 fully saturated rings. The summed E-state index contributed by atoms with van der Waals surface area (Å²) in [6.07, 6.45) is 2.62.